The molecule has 0 fully saturated rings. The SMILES string of the molecule is C=CCn1c(=O)n(CC=C)c(=O)n(C(CCCC)CCCCCCCCCCCCCCC)c1=O. The van der Waals surface area contributed by atoms with Crippen molar-refractivity contribution in [1.29, 1.82) is 0 Å². The lowest BCUT2D eigenvalue weighted by Crippen LogP contribution is -2.55. The summed E-state index contributed by atoms with van der Waals surface area (Å²) in [5.74, 6) is 0. The summed E-state index contributed by atoms with van der Waals surface area (Å²) in [6.45, 7) is 11.9. The van der Waals surface area contributed by atoms with Crippen LogP contribution in [0.2, 0.25) is 0 Å². The topological polar surface area (TPSA) is 66.0 Å². The smallest absolute Gasteiger partial charge is 0.247 e. The first kappa shape index (κ1) is 30.9. The van der Waals surface area contributed by atoms with Crippen LogP contribution in [0, 0.1) is 0 Å². The van der Waals surface area contributed by atoms with Crippen molar-refractivity contribution < 1.29 is 0 Å². The van der Waals surface area contributed by atoms with Crippen molar-refractivity contribution in [3.63, 3.8) is 0 Å². The lowest BCUT2D eigenvalue weighted by atomic mass is 10.0. The van der Waals surface area contributed by atoms with Crippen LogP contribution in [0.1, 0.15) is 129 Å². The predicted octanol–water partition coefficient (Wildman–Crippen LogP) is 6.76. The number of hydrogen-bond acceptors (Lipinski definition) is 3. The van der Waals surface area contributed by atoms with Gasteiger partial charge in [-0.2, -0.15) is 0 Å². The first-order chi connectivity index (χ1) is 17.0. The molecule has 0 saturated carbocycles. The predicted molar refractivity (Wildman–Crippen MR) is 148 cm³/mol. The minimum Gasteiger partial charge on any atom is -0.247 e. The molecule has 0 radical (unpaired) electrons. The van der Waals surface area contributed by atoms with Gasteiger partial charge in [0.25, 0.3) is 0 Å². The summed E-state index contributed by atoms with van der Waals surface area (Å²) in [4.78, 5) is 39.0. The molecule has 0 spiro atoms. The summed E-state index contributed by atoms with van der Waals surface area (Å²) in [5, 5.41) is 0. The average molecular weight is 490 g/mol. The Morgan fingerprint density at radius 2 is 0.943 bits per heavy atom. The first-order valence-electron chi connectivity index (χ1n) is 14.2. The number of nitrogens with zero attached hydrogens (tertiary/aromatic N) is 3. The molecule has 0 bridgehead atoms. The summed E-state index contributed by atoms with van der Waals surface area (Å²) in [7, 11) is 0. The van der Waals surface area contributed by atoms with Gasteiger partial charge in [-0.15, -0.1) is 13.2 Å². The van der Waals surface area contributed by atoms with Crippen LogP contribution < -0.4 is 17.1 Å². The highest BCUT2D eigenvalue weighted by Crippen LogP contribution is 2.20. The van der Waals surface area contributed by atoms with E-state index in [0.717, 1.165) is 47.7 Å². The van der Waals surface area contributed by atoms with E-state index in [9.17, 15) is 14.4 Å². The van der Waals surface area contributed by atoms with Crippen LogP contribution in [-0.4, -0.2) is 13.7 Å². The molecule has 0 N–H and O–H groups in total. The standard InChI is InChI=1S/C29H51N3O3/c1-5-9-11-12-13-14-15-16-17-18-19-20-21-23-26(22-10-6-2)32-28(34)30(24-7-3)27(33)31(25-8-4)29(32)35/h7-8,26H,3-6,9-25H2,1-2H3. The van der Waals surface area contributed by atoms with Crippen molar-refractivity contribution in [2.75, 3.05) is 0 Å². The van der Waals surface area contributed by atoms with Crippen LogP contribution in [0.5, 0.6) is 0 Å². The molecule has 1 rings (SSSR count). The van der Waals surface area contributed by atoms with E-state index >= 15 is 0 Å². The molecule has 1 heterocycles. The normalized spacial score (nSPS) is 12.1. The highest BCUT2D eigenvalue weighted by atomic mass is 16.2. The summed E-state index contributed by atoms with van der Waals surface area (Å²) in [6.07, 6.45) is 23.3. The zero-order valence-electron chi connectivity index (χ0n) is 22.6. The Balaban J connectivity index is 2.65. The van der Waals surface area contributed by atoms with E-state index in [1.165, 1.54) is 87.3 Å². The Bertz CT molecular complexity index is 846. The Morgan fingerprint density at radius 3 is 1.34 bits per heavy atom. The fourth-order valence-electron chi connectivity index (χ4n) is 4.77. The number of rotatable bonds is 22. The first-order valence-corrected chi connectivity index (χ1v) is 14.2. The van der Waals surface area contributed by atoms with Gasteiger partial charge in [0.15, 0.2) is 0 Å². The molecule has 200 valence electrons. The molecule has 6 heteroatoms. The van der Waals surface area contributed by atoms with Crippen molar-refractivity contribution in [3.05, 3.63) is 56.8 Å². The van der Waals surface area contributed by atoms with Crippen molar-refractivity contribution in [3.8, 4) is 0 Å². The van der Waals surface area contributed by atoms with Gasteiger partial charge in [-0.1, -0.05) is 122 Å². The monoisotopic (exact) mass is 489 g/mol. The Morgan fingerprint density at radius 1 is 0.571 bits per heavy atom. The molecule has 1 unspecified atom stereocenters. The number of allylic oxidation sites excluding steroid dienone is 2. The van der Waals surface area contributed by atoms with Gasteiger partial charge in [0, 0.05) is 6.04 Å². The van der Waals surface area contributed by atoms with Crippen LogP contribution in [-0.2, 0) is 13.1 Å². The highest BCUT2D eigenvalue weighted by Gasteiger charge is 2.21. The second-order valence-electron chi connectivity index (χ2n) is 9.84. The Hall–Kier alpha value is -2.11. The minimum absolute atomic E-state index is 0.0916. The second-order valence-corrected chi connectivity index (χ2v) is 9.84. The largest absolute Gasteiger partial charge is 0.336 e. The van der Waals surface area contributed by atoms with E-state index in [1.54, 1.807) is 0 Å². The number of unbranched alkanes of at least 4 members (excludes halogenated alkanes) is 13. The number of aromatic nitrogens is 3. The fourth-order valence-corrected chi connectivity index (χ4v) is 4.77. The van der Waals surface area contributed by atoms with Crippen LogP contribution in [0.3, 0.4) is 0 Å². The van der Waals surface area contributed by atoms with Gasteiger partial charge < -0.3 is 0 Å². The summed E-state index contributed by atoms with van der Waals surface area (Å²) in [5.41, 5.74) is -1.63. The van der Waals surface area contributed by atoms with Crippen LogP contribution in [0.4, 0.5) is 0 Å². The van der Waals surface area contributed by atoms with E-state index in [0.29, 0.717) is 0 Å². The maximum Gasteiger partial charge on any atom is 0.336 e. The van der Waals surface area contributed by atoms with Gasteiger partial charge in [-0.05, 0) is 12.8 Å². The molecule has 1 atom stereocenters. The van der Waals surface area contributed by atoms with E-state index in [1.807, 2.05) is 0 Å². The molecule has 1 aromatic heterocycles. The fraction of sp³-hybridized carbons (Fsp3) is 0.759. The minimum atomic E-state index is -0.591. The molecular formula is C29H51N3O3. The average Bonchev–Trinajstić information content (AvgIpc) is 2.85. The third kappa shape index (κ3) is 11.0. The third-order valence-electron chi connectivity index (χ3n) is 6.86. The van der Waals surface area contributed by atoms with Gasteiger partial charge in [0.05, 0.1) is 13.1 Å². The van der Waals surface area contributed by atoms with Gasteiger partial charge in [-0.25, -0.2) is 28.1 Å². The van der Waals surface area contributed by atoms with E-state index < -0.39 is 17.1 Å². The second kappa shape index (κ2) is 19.1. The summed E-state index contributed by atoms with van der Waals surface area (Å²) < 4.78 is 3.55. The molecule has 0 amide bonds. The number of hydrogen-bond donors (Lipinski definition) is 0. The van der Waals surface area contributed by atoms with Crippen molar-refractivity contribution in [1.82, 2.24) is 13.7 Å². The molecule has 35 heavy (non-hydrogen) atoms. The molecule has 0 aliphatic rings. The molecular weight excluding hydrogens is 438 g/mol. The molecule has 0 saturated heterocycles. The van der Waals surface area contributed by atoms with Gasteiger partial charge in [0.1, 0.15) is 0 Å². The van der Waals surface area contributed by atoms with Gasteiger partial charge in [-0.3, -0.25) is 0 Å². The lowest BCUT2D eigenvalue weighted by Gasteiger charge is -2.21. The van der Waals surface area contributed by atoms with Crippen molar-refractivity contribution in [2.45, 2.75) is 142 Å². The summed E-state index contributed by atoms with van der Waals surface area (Å²) >= 11 is 0. The van der Waals surface area contributed by atoms with Crippen LogP contribution in [0.15, 0.2) is 39.7 Å². The van der Waals surface area contributed by atoms with Crippen molar-refractivity contribution in [2.24, 2.45) is 0 Å². The molecule has 1 aromatic rings. The lowest BCUT2D eigenvalue weighted by molar-refractivity contribution is 0.346. The third-order valence-corrected chi connectivity index (χ3v) is 6.86. The highest BCUT2D eigenvalue weighted by molar-refractivity contribution is 4.87. The maximum atomic E-state index is 13.1. The molecule has 0 aromatic carbocycles. The zero-order valence-corrected chi connectivity index (χ0v) is 22.6. The van der Waals surface area contributed by atoms with E-state index in [2.05, 4.69) is 27.0 Å². The zero-order chi connectivity index (χ0) is 25.9. The van der Waals surface area contributed by atoms with Gasteiger partial charge >= 0.3 is 17.1 Å². The molecule has 6 nitrogen and oxygen atoms in total. The Kier molecular flexibility index (Phi) is 16.9. The maximum absolute atomic E-state index is 13.1. The van der Waals surface area contributed by atoms with Crippen LogP contribution >= 0.6 is 0 Å². The van der Waals surface area contributed by atoms with Gasteiger partial charge in [0.2, 0.25) is 0 Å². The molecule has 0 aliphatic carbocycles. The van der Waals surface area contributed by atoms with Crippen molar-refractivity contribution >= 4 is 0 Å². The van der Waals surface area contributed by atoms with Crippen LogP contribution in [0.25, 0.3) is 0 Å². The molecule has 0 aliphatic heterocycles. The van der Waals surface area contributed by atoms with E-state index in [4.69, 9.17) is 0 Å². The Labute approximate surface area is 212 Å². The quantitative estimate of drug-likeness (QED) is 0.134. The van der Waals surface area contributed by atoms with E-state index in [-0.39, 0.29) is 19.1 Å². The summed E-state index contributed by atoms with van der Waals surface area (Å²) in [6, 6.07) is -0.185.